The number of aryl methyl sites for hydroxylation is 3. The van der Waals surface area contributed by atoms with Crippen LogP contribution in [-0.4, -0.2) is 73.1 Å². The van der Waals surface area contributed by atoms with Gasteiger partial charge in [-0.05, 0) is 104 Å². The van der Waals surface area contributed by atoms with E-state index in [-0.39, 0.29) is 24.0 Å². The molecule has 0 aromatic heterocycles. The van der Waals surface area contributed by atoms with Crippen LogP contribution in [-0.2, 0) is 16.0 Å². The first kappa shape index (κ1) is 31.2. The molecule has 8 heteroatoms. The fourth-order valence-corrected chi connectivity index (χ4v) is 6.81. The Balaban J connectivity index is 1.19. The average Bonchev–Trinajstić information content (AvgIpc) is 3.88. The van der Waals surface area contributed by atoms with Crippen molar-refractivity contribution in [2.45, 2.75) is 64.6 Å². The molecule has 0 radical (unpaired) electrons. The molecule has 7 nitrogen and oxygen atoms in total. The zero-order chi connectivity index (χ0) is 31.5. The molecule has 1 N–H and O–H groups in total. The summed E-state index contributed by atoms with van der Waals surface area (Å²) in [7, 11) is 0. The standard InChI is InChI=1S/C37H42ClN3O4/c1-24-6-4-5-7-27(24)14-15-41(30-10-11-30)37(43)36-32(20-29-21-40(23-42)22-34(36)39-29)28-8-12-31(13-9-28)44-16-17-45-35-19-26(3)25(2)18-33(35)38/h4-9,12-13,18-19,23,29-30,34,39H,10-11,14-17,20-22H2,1-3H3. The SMILES string of the molecule is Cc1cc(Cl)c(OCCOc2ccc(C3=C(C(=O)N(CCc4ccccc4C)C4CC4)C4CN(C=O)CC(C3)N4)cc2)cc1C. The Morgan fingerprint density at radius 1 is 0.978 bits per heavy atom. The van der Waals surface area contributed by atoms with Gasteiger partial charge in [-0.2, -0.15) is 0 Å². The van der Waals surface area contributed by atoms with Gasteiger partial charge in [-0.3, -0.25) is 9.59 Å². The highest BCUT2D eigenvalue weighted by atomic mass is 35.5. The van der Waals surface area contributed by atoms with Gasteiger partial charge in [0.25, 0.3) is 5.91 Å². The molecule has 2 aliphatic heterocycles. The van der Waals surface area contributed by atoms with Crippen LogP contribution in [0.4, 0.5) is 0 Å². The highest BCUT2D eigenvalue weighted by Crippen LogP contribution is 2.37. The Morgan fingerprint density at radius 2 is 1.71 bits per heavy atom. The Bertz CT molecular complexity index is 1580. The van der Waals surface area contributed by atoms with Gasteiger partial charge >= 0.3 is 0 Å². The minimum absolute atomic E-state index is 0.0901. The average molecular weight is 628 g/mol. The van der Waals surface area contributed by atoms with E-state index >= 15 is 0 Å². The first-order valence-electron chi connectivity index (χ1n) is 16.0. The van der Waals surface area contributed by atoms with Crippen LogP contribution in [0.1, 0.15) is 47.1 Å². The molecule has 2 fully saturated rings. The highest BCUT2D eigenvalue weighted by molar-refractivity contribution is 6.32. The molecule has 3 aromatic rings. The molecule has 6 rings (SSSR count). The molecular weight excluding hydrogens is 586 g/mol. The van der Waals surface area contributed by atoms with E-state index in [0.717, 1.165) is 59.3 Å². The Morgan fingerprint density at radius 3 is 2.44 bits per heavy atom. The fraction of sp³-hybridized carbons (Fsp3) is 0.405. The van der Waals surface area contributed by atoms with Crippen molar-refractivity contribution >= 4 is 29.5 Å². The van der Waals surface area contributed by atoms with Crippen LogP contribution >= 0.6 is 11.6 Å². The normalized spacial score (nSPS) is 19.3. The number of fused-ring (bicyclic) bond motifs is 2. The number of halogens is 1. The fourth-order valence-electron chi connectivity index (χ4n) is 6.54. The van der Waals surface area contributed by atoms with Crippen molar-refractivity contribution in [1.82, 2.24) is 15.1 Å². The maximum absolute atomic E-state index is 14.5. The van der Waals surface area contributed by atoms with Gasteiger partial charge in [-0.25, -0.2) is 0 Å². The predicted molar refractivity (Wildman–Crippen MR) is 178 cm³/mol. The van der Waals surface area contributed by atoms with Crippen molar-refractivity contribution in [2.75, 3.05) is 32.8 Å². The second kappa shape index (κ2) is 13.7. The van der Waals surface area contributed by atoms with Gasteiger partial charge in [0.15, 0.2) is 0 Å². The number of hydrogen-bond donors (Lipinski definition) is 1. The molecule has 3 aliphatic rings. The van der Waals surface area contributed by atoms with Crippen LogP contribution < -0.4 is 14.8 Å². The molecule has 1 saturated heterocycles. The van der Waals surface area contributed by atoms with E-state index in [2.05, 4.69) is 41.4 Å². The Hall–Kier alpha value is -3.81. The first-order valence-corrected chi connectivity index (χ1v) is 16.3. The molecule has 2 amide bonds. The van der Waals surface area contributed by atoms with Crippen molar-refractivity contribution in [1.29, 1.82) is 0 Å². The van der Waals surface area contributed by atoms with Crippen molar-refractivity contribution in [3.8, 4) is 11.5 Å². The molecule has 45 heavy (non-hydrogen) atoms. The van der Waals surface area contributed by atoms with Crippen LogP contribution in [0.3, 0.4) is 0 Å². The van der Waals surface area contributed by atoms with Crippen LogP contribution in [0.2, 0.25) is 5.02 Å². The van der Waals surface area contributed by atoms with E-state index in [4.69, 9.17) is 21.1 Å². The van der Waals surface area contributed by atoms with Crippen LogP contribution in [0.5, 0.6) is 11.5 Å². The number of piperazine rings is 1. The number of rotatable bonds is 12. The minimum atomic E-state index is -0.199. The number of nitrogens with one attached hydrogen (secondary N) is 1. The number of carbonyl (C=O) groups excluding carboxylic acids is 2. The number of hydrogen-bond acceptors (Lipinski definition) is 5. The molecule has 0 spiro atoms. The van der Waals surface area contributed by atoms with E-state index in [1.807, 2.05) is 50.2 Å². The summed E-state index contributed by atoms with van der Waals surface area (Å²) in [4.78, 5) is 30.1. The summed E-state index contributed by atoms with van der Waals surface area (Å²) < 4.78 is 11.9. The monoisotopic (exact) mass is 627 g/mol. The summed E-state index contributed by atoms with van der Waals surface area (Å²) in [5.41, 5.74) is 7.67. The van der Waals surface area contributed by atoms with Gasteiger partial charge in [0, 0.05) is 37.3 Å². The number of amides is 2. The Labute approximate surface area is 271 Å². The van der Waals surface area contributed by atoms with Crippen LogP contribution in [0.15, 0.2) is 66.2 Å². The van der Waals surface area contributed by atoms with Gasteiger partial charge in [0.2, 0.25) is 6.41 Å². The van der Waals surface area contributed by atoms with Crippen LogP contribution in [0, 0.1) is 20.8 Å². The Kier molecular flexibility index (Phi) is 9.47. The van der Waals surface area contributed by atoms with Crippen molar-refractivity contribution in [3.05, 3.63) is 99.1 Å². The van der Waals surface area contributed by atoms with E-state index in [1.165, 1.54) is 11.1 Å². The maximum atomic E-state index is 14.5. The van der Waals surface area contributed by atoms with E-state index in [1.54, 1.807) is 4.90 Å². The number of carbonyl (C=O) groups is 2. The summed E-state index contributed by atoms with van der Waals surface area (Å²) in [5.74, 6) is 1.49. The lowest BCUT2D eigenvalue weighted by Crippen LogP contribution is -2.60. The van der Waals surface area contributed by atoms with Gasteiger partial charge in [-0.15, -0.1) is 0 Å². The zero-order valence-corrected chi connectivity index (χ0v) is 27.1. The zero-order valence-electron chi connectivity index (χ0n) is 26.4. The number of nitrogens with zero attached hydrogens (tertiary/aromatic N) is 2. The van der Waals surface area contributed by atoms with E-state index in [9.17, 15) is 9.59 Å². The maximum Gasteiger partial charge on any atom is 0.252 e. The smallest absolute Gasteiger partial charge is 0.252 e. The second-order valence-electron chi connectivity index (χ2n) is 12.6. The quantitative estimate of drug-likeness (QED) is 0.200. The molecule has 2 bridgehead atoms. The molecule has 3 aromatic carbocycles. The summed E-state index contributed by atoms with van der Waals surface area (Å²) in [6, 6.07) is 20.5. The van der Waals surface area contributed by atoms with Gasteiger partial charge < -0.3 is 24.6 Å². The summed E-state index contributed by atoms with van der Waals surface area (Å²) >= 11 is 6.34. The first-order chi connectivity index (χ1) is 21.8. The molecular formula is C37H42ClN3O4. The van der Waals surface area contributed by atoms with Gasteiger partial charge in [0.05, 0.1) is 11.1 Å². The third-order valence-corrected chi connectivity index (χ3v) is 9.60. The van der Waals surface area contributed by atoms with Crippen LogP contribution in [0.25, 0.3) is 5.57 Å². The molecule has 1 aliphatic carbocycles. The molecule has 1 saturated carbocycles. The van der Waals surface area contributed by atoms with Crippen molar-refractivity contribution < 1.29 is 19.1 Å². The molecule has 2 heterocycles. The highest BCUT2D eigenvalue weighted by Gasteiger charge is 2.42. The molecule has 236 valence electrons. The largest absolute Gasteiger partial charge is 0.490 e. The third-order valence-electron chi connectivity index (χ3n) is 9.30. The lowest BCUT2D eigenvalue weighted by Gasteiger charge is -2.44. The topological polar surface area (TPSA) is 71.1 Å². The lowest BCUT2D eigenvalue weighted by atomic mass is 9.83. The third kappa shape index (κ3) is 7.21. The van der Waals surface area contributed by atoms with Gasteiger partial charge in [-0.1, -0.05) is 48.0 Å². The number of ether oxygens (including phenoxy) is 2. The minimum Gasteiger partial charge on any atom is -0.490 e. The summed E-state index contributed by atoms with van der Waals surface area (Å²) in [6.07, 6.45) is 4.49. The predicted octanol–water partition coefficient (Wildman–Crippen LogP) is 5.91. The number of benzene rings is 3. The van der Waals surface area contributed by atoms with Crippen molar-refractivity contribution in [2.24, 2.45) is 0 Å². The second-order valence-corrected chi connectivity index (χ2v) is 13.0. The summed E-state index contributed by atoms with van der Waals surface area (Å²) in [5, 5.41) is 4.26. The molecule has 2 unspecified atom stereocenters. The van der Waals surface area contributed by atoms with E-state index in [0.29, 0.717) is 50.0 Å². The van der Waals surface area contributed by atoms with Crippen molar-refractivity contribution in [3.63, 3.8) is 0 Å². The lowest BCUT2D eigenvalue weighted by molar-refractivity contribution is -0.129. The summed E-state index contributed by atoms with van der Waals surface area (Å²) in [6.45, 7) is 8.75. The van der Waals surface area contributed by atoms with Gasteiger partial charge in [0.1, 0.15) is 24.7 Å². The molecule has 2 atom stereocenters. The van der Waals surface area contributed by atoms with E-state index < -0.39 is 0 Å².